The molecular weight excluding hydrogens is 308 g/mol. The van der Waals surface area contributed by atoms with Gasteiger partial charge in [-0.05, 0) is 62.2 Å². The van der Waals surface area contributed by atoms with E-state index in [1.54, 1.807) is 0 Å². The summed E-state index contributed by atoms with van der Waals surface area (Å²) < 4.78 is 0. The summed E-state index contributed by atoms with van der Waals surface area (Å²) in [4.78, 5) is 14.9. The van der Waals surface area contributed by atoms with Crippen LogP contribution >= 0.6 is 12.4 Å². The lowest BCUT2D eigenvalue weighted by molar-refractivity contribution is -0.134. The van der Waals surface area contributed by atoms with E-state index in [2.05, 4.69) is 38.0 Å². The van der Waals surface area contributed by atoms with Gasteiger partial charge in [-0.15, -0.1) is 12.4 Å². The van der Waals surface area contributed by atoms with Crippen molar-refractivity contribution in [3.63, 3.8) is 0 Å². The lowest BCUT2D eigenvalue weighted by atomic mass is 9.67. The fraction of sp³-hybridized carbons (Fsp3) is 0.947. The Labute approximate surface area is 148 Å². The highest BCUT2D eigenvalue weighted by Gasteiger charge is 2.38. The second kappa shape index (κ2) is 7.31. The third kappa shape index (κ3) is 4.63. The molecule has 0 spiro atoms. The molecule has 23 heavy (non-hydrogen) atoms. The van der Waals surface area contributed by atoms with Gasteiger partial charge in [0, 0.05) is 31.6 Å². The Hall–Kier alpha value is -0.280. The van der Waals surface area contributed by atoms with Crippen molar-refractivity contribution in [3.8, 4) is 0 Å². The van der Waals surface area contributed by atoms with Crippen molar-refractivity contribution in [1.29, 1.82) is 0 Å². The summed E-state index contributed by atoms with van der Waals surface area (Å²) in [6.07, 6.45) is 9.45. The largest absolute Gasteiger partial charge is 0.343 e. The number of fused-ring (bicyclic) bond motifs is 2. The number of rotatable bonds is 3. The number of piperidine rings is 1. The van der Waals surface area contributed by atoms with Crippen molar-refractivity contribution in [3.05, 3.63) is 0 Å². The molecule has 3 nitrogen and oxygen atoms in total. The number of carbonyl (C=O) groups is 1. The maximum Gasteiger partial charge on any atom is 0.222 e. The Morgan fingerprint density at radius 1 is 1.13 bits per heavy atom. The summed E-state index contributed by atoms with van der Waals surface area (Å²) >= 11 is 0. The first-order valence-electron chi connectivity index (χ1n) is 9.34. The second-order valence-electron chi connectivity index (χ2n) is 9.25. The number of nitrogens with zero attached hydrogens (tertiary/aromatic N) is 1. The molecule has 2 heterocycles. The zero-order chi connectivity index (χ0) is 15.9. The summed E-state index contributed by atoms with van der Waals surface area (Å²) in [6, 6.07) is 1.79. The lowest BCUT2D eigenvalue weighted by Crippen LogP contribution is -2.49. The molecule has 2 aliphatic heterocycles. The highest BCUT2D eigenvalue weighted by Crippen LogP contribution is 2.43. The Morgan fingerprint density at radius 3 is 2.30 bits per heavy atom. The topological polar surface area (TPSA) is 32.3 Å². The van der Waals surface area contributed by atoms with Crippen molar-refractivity contribution in [2.45, 2.75) is 90.3 Å². The van der Waals surface area contributed by atoms with Gasteiger partial charge in [0.2, 0.25) is 5.91 Å². The van der Waals surface area contributed by atoms with Crippen molar-refractivity contribution >= 4 is 18.3 Å². The molecule has 1 amide bonds. The number of halogens is 1. The van der Waals surface area contributed by atoms with E-state index in [0.29, 0.717) is 35.4 Å². The van der Waals surface area contributed by atoms with Gasteiger partial charge in [-0.2, -0.15) is 0 Å². The molecule has 4 unspecified atom stereocenters. The van der Waals surface area contributed by atoms with E-state index >= 15 is 0 Å². The third-order valence-electron chi connectivity index (χ3n) is 6.33. The van der Waals surface area contributed by atoms with Gasteiger partial charge in [0.05, 0.1) is 0 Å². The molecule has 1 saturated carbocycles. The lowest BCUT2D eigenvalue weighted by Gasteiger charge is -2.40. The summed E-state index contributed by atoms with van der Waals surface area (Å²) in [5.41, 5.74) is 0.412. The fourth-order valence-electron chi connectivity index (χ4n) is 5.64. The first-order valence-corrected chi connectivity index (χ1v) is 9.34. The van der Waals surface area contributed by atoms with Crippen molar-refractivity contribution in [2.75, 3.05) is 7.05 Å². The Morgan fingerprint density at radius 2 is 1.74 bits per heavy atom. The monoisotopic (exact) mass is 342 g/mol. The van der Waals surface area contributed by atoms with Gasteiger partial charge in [-0.25, -0.2) is 0 Å². The molecule has 1 N–H and O–H groups in total. The van der Waals surface area contributed by atoms with Crippen LogP contribution in [0.3, 0.4) is 0 Å². The number of hydrogen-bond acceptors (Lipinski definition) is 2. The van der Waals surface area contributed by atoms with Crippen LogP contribution in [0.15, 0.2) is 0 Å². The highest BCUT2D eigenvalue weighted by molar-refractivity contribution is 5.85. The maximum atomic E-state index is 12.8. The molecular formula is C19H35ClN2O. The molecule has 0 radical (unpaired) electrons. The van der Waals surface area contributed by atoms with Crippen LogP contribution in [-0.2, 0) is 4.79 Å². The number of amides is 1. The van der Waals surface area contributed by atoms with Gasteiger partial charge in [0.25, 0.3) is 0 Å². The summed E-state index contributed by atoms with van der Waals surface area (Å²) in [5, 5.41) is 3.67. The van der Waals surface area contributed by atoms with Crippen LogP contribution in [0.25, 0.3) is 0 Å². The molecule has 134 valence electrons. The van der Waals surface area contributed by atoms with Crippen LogP contribution in [0.2, 0.25) is 0 Å². The highest BCUT2D eigenvalue weighted by atomic mass is 35.5. The summed E-state index contributed by atoms with van der Waals surface area (Å²) in [7, 11) is 2.05. The zero-order valence-electron chi connectivity index (χ0n) is 15.3. The molecule has 3 aliphatic rings. The first kappa shape index (κ1) is 19.1. The van der Waals surface area contributed by atoms with Gasteiger partial charge in [0.15, 0.2) is 0 Å². The predicted octanol–water partition coefficient (Wildman–Crippen LogP) is 4.00. The standard InChI is InChI=1S/C19H34N2O.ClH/c1-13-7-14(12-19(2,3)11-13)8-18(22)21(4)17-9-15-5-6-16(10-17)20-15;/h13-17,20H,5-12H2,1-4H3;1H. The average Bonchev–Trinajstić information content (AvgIpc) is 2.74. The normalized spacial score (nSPS) is 38.7. The predicted molar refractivity (Wildman–Crippen MR) is 97.9 cm³/mol. The molecule has 0 aromatic carbocycles. The molecule has 0 aromatic heterocycles. The van der Waals surface area contributed by atoms with Crippen LogP contribution in [0, 0.1) is 17.3 Å². The van der Waals surface area contributed by atoms with E-state index in [0.717, 1.165) is 25.2 Å². The van der Waals surface area contributed by atoms with Crippen LogP contribution in [-0.4, -0.2) is 36.0 Å². The van der Waals surface area contributed by atoms with Crippen LogP contribution in [0.1, 0.15) is 72.1 Å². The molecule has 4 heteroatoms. The van der Waals surface area contributed by atoms with Gasteiger partial charge in [-0.3, -0.25) is 4.79 Å². The van der Waals surface area contributed by atoms with Crippen molar-refractivity contribution in [2.24, 2.45) is 17.3 Å². The van der Waals surface area contributed by atoms with Crippen LogP contribution in [0.4, 0.5) is 0 Å². The molecule has 3 fully saturated rings. The number of nitrogens with one attached hydrogen (secondary N) is 1. The average molecular weight is 343 g/mol. The first-order chi connectivity index (χ1) is 10.3. The Kier molecular flexibility index (Phi) is 6.05. The molecule has 1 aliphatic carbocycles. The molecule has 4 atom stereocenters. The van der Waals surface area contributed by atoms with Crippen LogP contribution < -0.4 is 5.32 Å². The van der Waals surface area contributed by atoms with Gasteiger partial charge >= 0.3 is 0 Å². The summed E-state index contributed by atoms with van der Waals surface area (Å²) in [6.45, 7) is 7.09. The van der Waals surface area contributed by atoms with E-state index in [-0.39, 0.29) is 12.4 Å². The number of carbonyl (C=O) groups excluding carboxylic acids is 1. The van der Waals surface area contributed by atoms with Crippen molar-refractivity contribution in [1.82, 2.24) is 10.2 Å². The Bertz CT molecular complexity index is 414. The SMILES string of the molecule is CC1CC(CC(=O)N(C)C2CC3CCC(C2)N3)CC(C)(C)C1.Cl. The second-order valence-corrected chi connectivity index (χ2v) is 9.25. The molecule has 2 bridgehead atoms. The van der Waals surface area contributed by atoms with Gasteiger partial charge < -0.3 is 10.2 Å². The summed E-state index contributed by atoms with van der Waals surface area (Å²) in [5.74, 6) is 1.75. The van der Waals surface area contributed by atoms with Gasteiger partial charge in [0.1, 0.15) is 0 Å². The van der Waals surface area contributed by atoms with E-state index in [9.17, 15) is 4.79 Å². The van der Waals surface area contributed by atoms with E-state index < -0.39 is 0 Å². The Balaban J connectivity index is 0.00000192. The molecule has 0 aromatic rings. The minimum Gasteiger partial charge on any atom is -0.343 e. The molecule has 3 rings (SSSR count). The van der Waals surface area contributed by atoms with Crippen molar-refractivity contribution < 1.29 is 4.79 Å². The maximum absolute atomic E-state index is 12.8. The zero-order valence-corrected chi connectivity index (χ0v) is 16.1. The quantitative estimate of drug-likeness (QED) is 0.840. The number of hydrogen-bond donors (Lipinski definition) is 1. The van der Waals surface area contributed by atoms with E-state index in [1.165, 1.54) is 32.1 Å². The smallest absolute Gasteiger partial charge is 0.222 e. The van der Waals surface area contributed by atoms with E-state index in [1.807, 2.05) is 0 Å². The third-order valence-corrected chi connectivity index (χ3v) is 6.33. The van der Waals surface area contributed by atoms with Crippen LogP contribution in [0.5, 0.6) is 0 Å². The fourth-order valence-corrected chi connectivity index (χ4v) is 5.64. The van der Waals surface area contributed by atoms with E-state index in [4.69, 9.17) is 0 Å². The molecule has 2 saturated heterocycles. The van der Waals surface area contributed by atoms with Gasteiger partial charge in [-0.1, -0.05) is 20.8 Å². The minimum atomic E-state index is 0. The minimum absolute atomic E-state index is 0.